The maximum absolute atomic E-state index is 12.4. The number of carbonyl (C=O) groups excluding carboxylic acids is 1. The number of hydrogen-bond acceptors (Lipinski definition) is 5. The minimum atomic E-state index is -4.07. The summed E-state index contributed by atoms with van der Waals surface area (Å²) in [6, 6.07) is 8.41. The van der Waals surface area contributed by atoms with Crippen molar-refractivity contribution in [2.75, 3.05) is 4.72 Å². The summed E-state index contributed by atoms with van der Waals surface area (Å²) in [5.74, 6) is -1.62. The van der Waals surface area contributed by atoms with E-state index in [-0.39, 0.29) is 21.9 Å². The van der Waals surface area contributed by atoms with Gasteiger partial charge in [-0.2, -0.15) is 8.78 Å². The van der Waals surface area contributed by atoms with E-state index in [0.717, 1.165) is 6.07 Å². The molecule has 128 valence electrons. The van der Waals surface area contributed by atoms with Gasteiger partial charge in [-0.1, -0.05) is 12.1 Å². The van der Waals surface area contributed by atoms with E-state index in [0.29, 0.717) is 5.56 Å². The van der Waals surface area contributed by atoms with Crippen molar-refractivity contribution in [1.82, 2.24) is 0 Å². The Balaban J connectivity index is 2.28. The smallest absolute Gasteiger partial charge is 0.387 e. The number of alkyl halides is 2. The predicted octanol–water partition coefficient (Wildman–Crippen LogP) is 1.76. The Morgan fingerprint density at radius 1 is 1.17 bits per heavy atom. The molecule has 0 radical (unpaired) electrons. The van der Waals surface area contributed by atoms with Crippen molar-refractivity contribution in [3.05, 3.63) is 53.6 Å². The fraction of sp³-hybridized carbons (Fsp3) is 0.133. The topological polar surface area (TPSA) is 95.5 Å². The first-order valence-corrected chi connectivity index (χ1v) is 8.07. The second-order valence-corrected chi connectivity index (χ2v) is 6.43. The molecule has 2 aromatic rings. The van der Waals surface area contributed by atoms with E-state index in [4.69, 9.17) is 0 Å². The van der Waals surface area contributed by atoms with Crippen LogP contribution in [0.25, 0.3) is 0 Å². The van der Waals surface area contributed by atoms with Crippen molar-refractivity contribution >= 4 is 21.7 Å². The molecule has 0 spiro atoms. The molecule has 24 heavy (non-hydrogen) atoms. The first-order chi connectivity index (χ1) is 11.2. The Bertz CT molecular complexity index is 851. The summed E-state index contributed by atoms with van der Waals surface area (Å²) < 4.78 is 55.3. The molecule has 0 aliphatic heterocycles. The first-order valence-electron chi connectivity index (χ1n) is 6.59. The number of rotatable bonds is 6. The summed E-state index contributed by atoms with van der Waals surface area (Å²) in [5.41, 5.74) is 0.168. The van der Waals surface area contributed by atoms with Gasteiger partial charge in [-0.05, 0) is 48.4 Å². The van der Waals surface area contributed by atoms with Gasteiger partial charge >= 0.3 is 6.61 Å². The van der Waals surface area contributed by atoms with Crippen molar-refractivity contribution in [1.29, 1.82) is 0 Å². The average Bonchev–Trinajstić information content (AvgIpc) is 2.48. The molecule has 0 unspecified atom stereocenters. The molecule has 0 saturated carbocycles. The van der Waals surface area contributed by atoms with Crippen LogP contribution < -0.4 is 14.6 Å². The Morgan fingerprint density at radius 3 is 2.33 bits per heavy atom. The number of sulfonamides is 1. The molecule has 0 aliphatic rings. The third kappa shape index (κ3) is 4.19. The van der Waals surface area contributed by atoms with Gasteiger partial charge in [0.2, 0.25) is 0 Å². The SMILES string of the molecule is Cc1ccc(C(=O)[O-])cc1S(=O)(=O)Nc1ccc(OC(F)F)cc1. The van der Waals surface area contributed by atoms with E-state index in [1.165, 1.54) is 43.3 Å². The standard InChI is InChI=1S/C15H13F2NO5S/c1-9-2-3-10(14(19)20)8-13(9)24(21,22)18-11-4-6-12(7-5-11)23-15(16)17/h2-8,15,18H,1H3,(H,19,20)/p-1. The number of hydrogen-bond donors (Lipinski definition) is 1. The van der Waals surface area contributed by atoms with Gasteiger partial charge < -0.3 is 14.6 Å². The highest BCUT2D eigenvalue weighted by molar-refractivity contribution is 7.92. The summed E-state index contributed by atoms with van der Waals surface area (Å²) in [5, 5.41) is 10.9. The number of benzene rings is 2. The van der Waals surface area contributed by atoms with Crippen LogP contribution in [0.15, 0.2) is 47.4 Å². The van der Waals surface area contributed by atoms with E-state index in [1.54, 1.807) is 0 Å². The summed E-state index contributed by atoms with van der Waals surface area (Å²) in [7, 11) is -4.07. The monoisotopic (exact) mass is 356 g/mol. The molecule has 0 fully saturated rings. The average molecular weight is 356 g/mol. The van der Waals surface area contributed by atoms with E-state index in [9.17, 15) is 27.1 Å². The number of carbonyl (C=O) groups is 1. The zero-order chi connectivity index (χ0) is 17.9. The molecular formula is C15H12F2NO5S-. The Kier molecular flexibility index (Phi) is 5.03. The van der Waals surface area contributed by atoms with Gasteiger partial charge in [0, 0.05) is 5.69 Å². The van der Waals surface area contributed by atoms with Crippen molar-refractivity contribution in [3.63, 3.8) is 0 Å². The molecule has 0 heterocycles. The van der Waals surface area contributed by atoms with Gasteiger partial charge in [-0.3, -0.25) is 4.72 Å². The maximum atomic E-state index is 12.4. The number of anilines is 1. The molecule has 0 aromatic heterocycles. The number of ether oxygens (including phenoxy) is 1. The Hall–Kier alpha value is -2.68. The predicted molar refractivity (Wildman–Crippen MR) is 79.4 cm³/mol. The van der Waals surface area contributed by atoms with Gasteiger partial charge in [0.05, 0.1) is 10.9 Å². The molecule has 1 N–H and O–H groups in total. The lowest BCUT2D eigenvalue weighted by Gasteiger charge is -2.13. The van der Waals surface area contributed by atoms with Crippen LogP contribution in [0, 0.1) is 6.92 Å². The van der Waals surface area contributed by atoms with Crippen molar-refractivity contribution in [3.8, 4) is 5.75 Å². The maximum Gasteiger partial charge on any atom is 0.387 e. The molecule has 2 rings (SSSR count). The third-order valence-corrected chi connectivity index (χ3v) is 4.57. The van der Waals surface area contributed by atoms with Crippen LogP contribution in [0.5, 0.6) is 5.75 Å². The molecular weight excluding hydrogens is 344 g/mol. The molecule has 2 aromatic carbocycles. The number of carboxylic acid groups (broad SMARTS) is 1. The molecule has 9 heteroatoms. The lowest BCUT2D eigenvalue weighted by Crippen LogP contribution is -2.23. The van der Waals surface area contributed by atoms with E-state index >= 15 is 0 Å². The van der Waals surface area contributed by atoms with Gasteiger partial charge in [0.1, 0.15) is 5.75 Å². The minimum Gasteiger partial charge on any atom is -0.545 e. The zero-order valence-corrected chi connectivity index (χ0v) is 13.1. The van der Waals surface area contributed by atoms with E-state index in [2.05, 4.69) is 9.46 Å². The Labute approximate surface area is 136 Å². The summed E-state index contributed by atoms with van der Waals surface area (Å²) in [6.45, 7) is -1.48. The van der Waals surface area contributed by atoms with Crippen LogP contribution in [0.3, 0.4) is 0 Å². The number of nitrogens with one attached hydrogen (secondary N) is 1. The quantitative estimate of drug-likeness (QED) is 0.851. The highest BCUT2D eigenvalue weighted by Crippen LogP contribution is 2.23. The highest BCUT2D eigenvalue weighted by atomic mass is 32.2. The third-order valence-electron chi connectivity index (χ3n) is 3.05. The molecule has 0 amide bonds. The van der Waals surface area contributed by atoms with Crippen LogP contribution in [-0.4, -0.2) is 21.0 Å². The highest BCUT2D eigenvalue weighted by Gasteiger charge is 2.18. The second-order valence-electron chi connectivity index (χ2n) is 4.78. The molecule has 0 aliphatic carbocycles. The van der Waals surface area contributed by atoms with Crippen LogP contribution in [0.2, 0.25) is 0 Å². The first kappa shape index (κ1) is 17.7. The zero-order valence-electron chi connectivity index (χ0n) is 12.3. The number of aryl methyl sites for hydroxylation is 1. The number of carboxylic acids is 1. The van der Waals surface area contributed by atoms with Crippen LogP contribution in [0.4, 0.5) is 14.5 Å². The second kappa shape index (κ2) is 6.83. The van der Waals surface area contributed by atoms with Crippen molar-refractivity contribution < 1.29 is 31.8 Å². The lowest BCUT2D eigenvalue weighted by atomic mass is 10.1. The lowest BCUT2D eigenvalue weighted by molar-refractivity contribution is -0.255. The summed E-state index contributed by atoms with van der Waals surface area (Å²) in [6.07, 6.45) is 0. The summed E-state index contributed by atoms with van der Waals surface area (Å²) >= 11 is 0. The molecule has 0 saturated heterocycles. The van der Waals surface area contributed by atoms with Crippen LogP contribution in [-0.2, 0) is 10.0 Å². The fourth-order valence-electron chi connectivity index (χ4n) is 1.93. The molecule has 6 nitrogen and oxygen atoms in total. The fourth-order valence-corrected chi connectivity index (χ4v) is 3.26. The van der Waals surface area contributed by atoms with Crippen LogP contribution >= 0.6 is 0 Å². The van der Waals surface area contributed by atoms with Gasteiger partial charge in [-0.15, -0.1) is 0 Å². The number of aromatic carboxylic acids is 1. The molecule has 0 atom stereocenters. The van der Waals surface area contributed by atoms with E-state index in [1.807, 2.05) is 0 Å². The van der Waals surface area contributed by atoms with Crippen molar-refractivity contribution in [2.24, 2.45) is 0 Å². The van der Waals surface area contributed by atoms with Crippen molar-refractivity contribution in [2.45, 2.75) is 18.4 Å². The van der Waals surface area contributed by atoms with Gasteiger partial charge in [0.15, 0.2) is 0 Å². The molecule has 0 bridgehead atoms. The summed E-state index contributed by atoms with van der Waals surface area (Å²) in [4.78, 5) is 10.6. The van der Waals surface area contributed by atoms with E-state index < -0.39 is 22.6 Å². The largest absolute Gasteiger partial charge is 0.545 e. The van der Waals surface area contributed by atoms with Gasteiger partial charge in [-0.25, -0.2) is 8.42 Å². The normalized spacial score (nSPS) is 11.3. The Morgan fingerprint density at radius 2 is 1.79 bits per heavy atom. The van der Waals surface area contributed by atoms with Gasteiger partial charge in [0.25, 0.3) is 10.0 Å². The van der Waals surface area contributed by atoms with Crippen LogP contribution in [0.1, 0.15) is 15.9 Å². The number of halogens is 2. The minimum absolute atomic E-state index is 0.106.